The van der Waals surface area contributed by atoms with Crippen LogP contribution in [0.25, 0.3) is 0 Å². The molecule has 0 unspecified atom stereocenters. The van der Waals surface area contributed by atoms with Gasteiger partial charge in [-0.05, 0) is 42.2 Å². The third kappa shape index (κ3) is 9.89. The highest BCUT2D eigenvalue weighted by Crippen LogP contribution is 2.26. The fourth-order valence-corrected chi connectivity index (χ4v) is 5.73. The Kier molecular flexibility index (Phi) is 13.2. The van der Waals surface area contributed by atoms with Crippen molar-refractivity contribution in [3.63, 3.8) is 0 Å². The van der Waals surface area contributed by atoms with E-state index in [2.05, 4.69) is 16.0 Å². The first kappa shape index (κ1) is 35.8. The van der Waals surface area contributed by atoms with Gasteiger partial charge in [0.1, 0.15) is 18.2 Å². The third-order valence-corrected chi connectivity index (χ3v) is 8.42. The summed E-state index contributed by atoms with van der Waals surface area (Å²) in [5, 5.41) is 28.3. The van der Waals surface area contributed by atoms with Crippen LogP contribution in [-0.4, -0.2) is 100 Å². The van der Waals surface area contributed by atoms with Crippen molar-refractivity contribution in [3.05, 3.63) is 35.4 Å². The van der Waals surface area contributed by atoms with E-state index < -0.39 is 48.4 Å². The van der Waals surface area contributed by atoms with E-state index in [1.165, 1.54) is 10.5 Å². The Morgan fingerprint density at radius 3 is 2.13 bits per heavy atom. The van der Waals surface area contributed by atoms with E-state index in [0.29, 0.717) is 38.8 Å². The quantitative estimate of drug-likeness (QED) is 0.158. The first-order chi connectivity index (χ1) is 21.3. The molecule has 250 valence electrons. The van der Waals surface area contributed by atoms with Gasteiger partial charge in [-0.1, -0.05) is 52.0 Å². The summed E-state index contributed by atoms with van der Waals surface area (Å²) in [6.45, 7) is 7.90. The van der Waals surface area contributed by atoms with Gasteiger partial charge in [-0.25, -0.2) is 4.79 Å². The van der Waals surface area contributed by atoms with Crippen molar-refractivity contribution in [2.75, 3.05) is 20.1 Å². The van der Waals surface area contributed by atoms with E-state index in [0.717, 1.165) is 5.56 Å². The summed E-state index contributed by atoms with van der Waals surface area (Å²) in [4.78, 5) is 67.0. The van der Waals surface area contributed by atoms with Gasteiger partial charge >= 0.3 is 6.09 Å². The molecule has 0 aromatic heterocycles. The fourth-order valence-electron chi connectivity index (χ4n) is 5.73. The van der Waals surface area contributed by atoms with Crippen molar-refractivity contribution in [1.82, 2.24) is 25.8 Å². The van der Waals surface area contributed by atoms with Crippen molar-refractivity contribution in [3.8, 4) is 0 Å². The molecule has 0 aliphatic carbocycles. The smallest absolute Gasteiger partial charge is 0.410 e. The Balaban J connectivity index is 1.62. The number of ether oxygens (including phenoxy) is 1. The van der Waals surface area contributed by atoms with E-state index in [1.54, 1.807) is 39.6 Å². The Morgan fingerprint density at radius 2 is 1.53 bits per heavy atom. The van der Waals surface area contributed by atoms with Gasteiger partial charge in [0.05, 0.1) is 12.6 Å². The Hall–Kier alpha value is -3.71. The highest BCUT2D eigenvalue weighted by molar-refractivity contribution is 5.92. The van der Waals surface area contributed by atoms with Crippen molar-refractivity contribution < 1.29 is 38.9 Å². The average molecular weight is 632 g/mol. The van der Waals surface area contributed by atoms with E-state index >= 15 is 0 Å². The monoisotopic (exact) mass is 631 g/mol. The molecular formula is C32H49N5O8. The largest absolute Gasteiger partial charge is 0.444 e. The second-order valence-corrected chi connectivity index (χ2v) is 12.6. The molecule has 0 bridgehead atoms. The second kappa shape index (κ2) is 16.6. The first-order valence-electron chi connectivity index (χ1n) is 15.8. The van der Waals surface area contributed by atoms with Gasteiger partial charge in [0.15, 0.2) is 6.29 Å². The highest BCUT2D eigenvalue weighted by Gasteiger charge is 2.44. The topological polar surface area (TPSA) is 178 Å². The van der Waals surface area contributed by atoms with E-state index in [9.17, 15) is 34.2 Å². The number of fused-ring (bicyclic) bond motifs is 1. The third-order valence-electron chi connectivity index (χ3n) is 8.42. The summed E-state index contributed by atoms with van der Waals surface area (Å²) >= 11 is 0. The summed E-state index contributed by atoms with van der Waals surface area (Å²) in [6, 6.07) is 4.90. The maximum atomic E-state index is 13.8. The molecule has 5 N–H and O–H groups in total. The number of nitrogens with zero attached hydrogens (tertiary/aromatic N) is 2. The number of aliphatic hydroxyl groups excluding tert-OH is 1. The molecule has 13 nitrogen and oxygen atoms in total. The number of amides is 5. The summed E-state index contributed by atoms with van der Waals surface area (Å²) < 4.78 is 5.73. The highest BCUT2D eigenvalue weighted by atomic mass is 16.6. The minimum absolute atomic E-state index is 0.0307. The van der Waals surface area contributed by atoms with Gasteiger partial charge in [-0.2, -0.15) is 0 Å². The zero-order chi connectivity index (χ0) is 33.3. The lowest BCUT2D eigenvalue weighted by Gasteiger charge is -2.33. The standard InChI is InChI=1S/C32H49N5O8/c1-19(2)27(34-26(39)13-9-8-12-25(38)33-5)29(40)35-28(20(3)4)30(41)37-18-23(16-24(37)31(42)43)45-32(44)36-15-14-21-10-6-7-11-22(21)17-36/h6-7,10-11,19-20,23-24,27-28,31,42-43H,8-9,12-18H2,1-5H3,(H,33,38)(H,34,39)(H,35,40)/t23-,24+,27+,28+/m1/s1. The van der Waals surface area contributed by atoms with Crippen LogP contribution in [0.15, 0.2) is 24.3 Å². The van der Waals surface area contributed by atoms with E-state index in [1.807, 2.05) is 24.3 Å². The van der Waals surface area contributed by atoms with E-state index in [4.69, 9.17) is 4.74 Å². The number of carbonyl (C=O) groups excluding carboxylic acids is 5. The van der Waals surface area contributed by atoms with Crippen LogP contribution in [0.3, 0.4) is 0 Å². The van der Waals surface area contributed by atoms with Crippen LogP contribution in [0.4, 0.5) is 4.79 Å². The number of nitrogens with one attached hydrogen (secondary N) is 3. The number of aliphatic hydroxyl groups is 2. The molecule has 2 aliphatic heterocycles. The molecule has 5 amide bonds. The summed E-state index contributed by atoms with van der Waals surface area (Å²) in [5.41, 5.74) is 2.22. The van der Waals surface area contributed by atoms with Crippen LogP contribution >= 0.6 is 0 Å². The number of likely N-dealkylation sites (tertiary alicyclic amines) is 1. The maximum Gasteiger partial charge on any atom is 0.410 e. The minimum atomic E-state index is -1.88. The van der Waals surface area contributed by atoms with Crippen molar-refractivity contribution in [2.24, 2.45) is 11.8 Å². The zero-order valence-electron chi connectivity index (χ0n) is 27.0. The Morgan fingerprint density at radius 1 is 0.911 bits per heavy atom. The summed E-state index contributed by atoms with van der Waals surface area (Å²) in [7, 11) is 1.55. The predicted octanol–water partition coefficient (Wildman–Crippen LogP) is 1.05. The van der Waals surface area contributed by atoms with Crippen LogP contribution in [0, 0.1) is 11.8 Å². The van der Waals surface area contributed by atoms with Crippen LogP contribution in [0.5, 0.6) is 0 Å². The predicted molar refractivity (Wildman–Crippen MR) is 165 cm³/mol. The summed E-state index contributed by atoms with van der Waals surface area (Å²) in [6.07, 6.45) is -0.980. The Labute approximate surface area is 265 Å². The van der Waals surface area contributed by atoms with Crippen LogP contribution in [0.1, 0.15) is 70.9 Å². The molecule has 13 heteroatoms. The molecule has 2 heterocycles. The van der Waals surface area contributed by atoms with Gasteiger partial charge in [0.2, 0.25) is 23.6 Å². The molecule has 4 atom stereocenters. The van der Waals surface area contributed by atoms with Gasteiger partial charge < -0.3 is 40.7 Å². The second-order valence-electron chi connectivity index (χ2n) is 12.6. The van der Waals surface area contributed by atoms with E-state index in [-0.39, 0.29) is 43.0 Å². The summed E-state index contributed by atoms with van der Waals surface area (Å²) in [5.74, 6) is -2.17. The minimum Gasteiger partial charge on any atom is -0.444 e. The molecular weight excluding hydrogens is 582 g/mol. The molecule has 3 rings (SSSR count). The zero-order valence-corrected chi connectivity index (χ0v) is 27.0. The molecule has 2 aliphatic rings. The molecule has 0 saturated carbocycles. The lowest BCUT2D eigenvalue weighted by atomic mass is 9.98. The van der Waals surface area contributed by atoms with Crippen molar-refractivity contribution in [2.45, 2.75) is 103 Å². The SMILES string of the molecule is CNC(=O)CCCCC(=O)N[C@H](C(=O)N[C@H](C(=O)N1C[C@H](OC(=O)N2CCc3ccccc3C2)C[C@H]1C(O)O)C(C)C)C(C)C. The first-order valence-corrected chi connectivity index (χ1v) is 15.8. The van der Waals surface area contributed by atoms with Crippen LogP contribution in [-0.2, 0) is 36.9 Å². The van der Waals surface area contributed by atoms with Crippen molar-refractivity contribution in [1.29, 1.82) is 0 Å². The fraction of sp³-hybridized carbons (Fsp3) is 0.656. The number of hydrogen-bond donors (Lipinski definition) is 5. The molecule has 45 heavy (non-hydrogen) atoms. The molecule has 1 aromatic rings. The average Bonchev–Trinajstić information content (AvgIpc) is 3.43. The number of hydrogen-bond acceptors (Lipinski definition) is 8. The van der Waals surface area contributed by atoms with Gasteiger partial charge in [0.25, 0.3) is 0 Å². The van der Waals surface area contributed by atoms with Crippen LogP contribution in [0.2, 0.25) is 0 Å². The normalized spacial score (nSPS) is 19.2. The van der Waals surface area contributed by atoms with Crippen LogP contribution < -0.4 is 16.0 Å². The maximum absolute atomic E-state index is 13.8. The lowest BCUT2D eigenvalue weighted by Crippen LogP contribution is -2.58. The number of benzene rings is 1. The van der Waals surface area contributed by atoms with Gasteiger partial charge in [-0.15, -0.1) is 0 Å². The number of rotatable bonds is 13. The molecule has 0 spiro atoms. The Bertz CT molecular complexity index is 1210. The molecule has 0 radical (unpaired) electrons. The van der Waals surface area contributed by atoms with Gasteiger partial charge in [0, 0.05) is 39.4 Å². The van der Waals surface area contributed by atoms with Crippen molar-refractivity contribution >= 4 is 29.7 Å². The molecule has 1 saturated heterocycles. The van der Waals surface area contributed by atoms with Gasteiger partial charge in [-0.3, -0.25) is 19.2 Å². The number of unbranched alkanes of at least 4 members (excludes halogenated alkanes) is 1. The number of carbonyl (C=O) groups is 5. The molecule has 1 fully saturated rings. The molecule has 1 aromatic carbocycles. The lowest BCUT2D eigenvalue weighted by molar-refractivity contribution is -0.148.